The summed E-state index contributed by atoms with van der Waals surface area (Å²) in [6.45, 7) is 1.49. The Morgan fingerprint density at radius 2 is 2.40 bits per heavy atom. The van der Waals surface area contributed by atoms with Gasteiger partial charge in [-0.05, 0) is 19.1 Å². The van der Waals surface area contributed by atoms with Crippen molar-refractivity contribution in [3.63, 3.8) is 0 Å². The van der Waals surface area contributed by atoms with Crippen LogP contribution in [0.4, 0.5) is 0 Å². The monoisotopic (exact) mass is 223 g/mol. The van der Waals surface area contributed by atoms with Crippen LogP contribution in [0.2, 0.25) is 0 Å². The highest BCUT2D eigenvalue weighted by Crippen LogP contribution is 2.27. The third-order valence-corrected chi connectivity index (χ3v) is 2.77. The highest BCUT2D eigenvalue weighted by molar-refractivity contribution is 7.16. The molecule has 1 heterocycles. The van der Waals surface area contributed by atoms with E-state index in [1.54, 1.807) is 11.6 Å². The first-order chi connectivity index (χ1) is 7.18. The molecule has 0 saturated heterocycles. The molecule has 0 fully saturated rings. The fourth-order valence-corrected chi connectivity index (χ4v) is 1.89. The summed E-state index contributed by atoms with van der Waals surface area (Å²) in [4.78, 5) is 14.8. The highest BCUT2D eigenvalue weighted by atomic mass is 32.1. The Morgan fingerprint density at radius 3 is 3.13 bits per heavy atom. The van der Waals surface area contributed by atoms with Crippen molar-refractivity contribution in [2.24, 2.45) is 0 Å². The fraction of sp³-hybridized carbons (Fsp3) is 0.200. The second-order valence-electron chi connectivity index (χ2n) is 3.05. The number of carbonyl (C=O) groups is 1. The first-order valence-electron chi connectivity index (χ1n) is 4.40. The van der Waals surface area contributed by atoms with E-state index in [0.29, 0.717) is 5.75 Å². The zero-order valence-corrected chi connectivity index (χ0v) is 8.82. The Bertz CT molecular complexity index is 494. The summed E-state index contributed by atoms with van der Waals surface area (Å²) in [5.74, 6) is -0.467. The van der Waals surface area contributed by atoms with Crippen molar-refractivity contribution in [3.05, 3.63) is 23.7 Å². The van der Waals surface area contributed by atoms with E-state index in [2.05, 4.69) is 4.98 Å². The van der Waals surface area contributed by atoms with E-state index in [1.807, 2.05) is 12.1 Å². The second kappa shape index (κ2) is 3.86. The Balaban J connectivity index is 2.35. The molecule has 2 aromatic rings. The standard InChI is InChI=1S/C10H9NO3S/c1-6(10(12)13)14-7-3-2-4-8-9(7)11-5-15-8/h2-6H,1H3,(H,12,13). The van der Waals surface area contributed by atoms with Crippen LogP contribution in [0.1, 0.15) is 6.92 Å². The normalized spacial score (nSPS) is 12.6. The second-order valence-corrected chi connectivity index (χ2v) is 3.94. The van der Waals surface area contributed by atoms with Crippen LogP contribution in [-0.2, 0) is 4.79 Å². The largest absolute Gasteiger partial charge is 0.479 e. The molecule has 78 valence electrons. The van der Waals surface area contributed by atoms with Gasteiger partial charge in [0.15, 0.2) is 6.10 Å². The van der Waals surface area contributed by atoms with Crippen LogP contribution in [-0.4, -0.2) is 22.2 Å². The van der Waals surface area contributed by atoms with E-state index < -0.39 is 12.1 Å². The first-order valence-corrected chi connectivity index (χ1v) is 5.28. The number of hydrogen-bond acceptors (Lipinski definition) is 4. The van der Waals surface area contributed by atoms with E-state index in [1.165, 1.54) is 18.3 Å². The molecule has 1 aromatic heterocycles. The lowest BCUT2D eigenvalue weighted by Crippen LogP contribution is -2.22. The number of nitrogens with zero attached hydrogens (tertiary/aromatic N) is 1. The van der Waals surface area contributed by atoms with Crippen LogP contribution in [0.25, 0.3) is 10.2 Å². The molecule has 0 saturated carbocycles. The summed E-state index contributed by atoms with van der Waals surface area (Å²) in [6, 6.07) is 5.47. The summed E-state index contributed by atoms with van der Waals surface area (Å²) < 4.78 is 6.28. The van der Waals surface area contributed by atoms with Gasteiger partial charge in [0, 0.05) is 0 Å². The number of benzene rings is 1. The predicted octanol–water partition coefficient (Wildman–Crippen LogP) is 2.15. The average Bonchev–Trinajstić information content (AvgIpc) is 2.66. The number of rotatable bonds is 3. The zero-order chi connectivity index (χ0) is 10.8. The summed E-state index contributed by atoms with van der Waals surface area (Å²) in [6.07, 6.45) is -0.864. The van der Waals surface area contributed by atoms with E-state index >= 15 is 0 Å². The maximum absolute atomic E-state index is 10.6. The summed E-state index contributed by atoms with van der Waals surface area (Å²) in [7, 11) is 0. The van der Waals surface area contributed by atoms with Crippen molar-refractivity contribution in [1.82, 2.24) is 4.98 Å². The Kier molecular flexibility index (Phi) is 2.55. The van der Waals surface area contributed by atoms with Crippen molar-refractivity contribution in [2.75, 3.05) is 0 Å². The number of fused-ring (bicyclic) bond motifs is 1. The Morgan fingerprint density at radius 1 is 1.60 bits per heavy atom. The smallest absolute Gasteiger partial charge is 0.344 e. The van der Waals surface area contributed by atoms with Gasteiger partial charge in [-0.15, -0.1) is 11.3 Å². The molecule has 4 nitrogen and oxygen atoms in total. The third kappa shape index (κ3) is 1.92. The van der Waals surface area contributed by atoms with Gasteiger partial charge in [-0.25, -0.2) is 9.78 Å². The van der Waals surface area contributed by atoms with Gasteiger partial charge in [0.05, 0.1) is 10.2 Å². The van der Waals surface area contributed by atoms with E-state index in [4.69, 9.17) is 9.84 Å². The van der Waals surface area contributed by atoms with E-state index in [-0.39, 0.29) is 0 Å². The van der Waals surface area contributed by atoms with Crippen molar-refractivity contribution in [2.45, 2.75) is 13.0 Å². The van der Waals surface area contributed by atoms with E-state index in [9.17, 15) is 4.79 Å². The Hall–Kier alpha value is -1.62. The summed E-state index contributed by atoms with van der Waals surface area (Å²) >= 11 is 1.50. The number of hydrogen-bond donors (Lipinski definition) is 1. The van der Waals surface area contributed by atoms with Gasteiger partial charge in [-0.1, -0.05) is 6.07 Å². The number of thiazole rings is 1. The maximum atomic E-state index is 10.6. The van der Waals surface area contributed by atoms with Gasteiger partial charge in [-0.3, -0.25) is 0 Å². The lowest BCUT2D eigenvalue weighted by Gasteiger charge is -2.10. The number of aromatic nitrogens is 1. The zero-order valence-electron chi connectivity index (χ0n) is 8.01. The highest BCUT2D eigenvalue weighted by Gasteiger charge is 2.14. The molecule has 0 radical (unpaired) electrons. The minimum absolute atomic E-state index is 0.517. The first kappa shape index (κ1) is 9.92. The molecular formula is C10H9NO3S. The van der Waals surface area contributed by atoms with Gasteiger partial charge >= 0.3 is 5.97 Å². The topological polar surface area (TPSA) is 59.4 Å². The predicted molar refractivity (Wildman–Crippen MR) is 57.3 cm³/mol. The maximum Gasteiger partial charge on any atom is 0.344 e. The van der Waals surface area contributed by atoms with E-state index in [0.717, 1.165) is 10.2 Å². The van der Waals surface area contributed by atoms with Gasteiger partial charge in [-0.2, -0.15) is 0 Å². The van der Waals surface area contributed by atoms with Crippen LogP contribution in [0.3, 0.4) is 0 Å². The van der Waals surface area contributed by atoms with Crippen molar-refractivity contribution in [1.29, 1.82) is 0 Å². The van der Waals surface area contributed by atoms with Crippen LogP contribution in [0, 0.1) is 0 Å². The number of carboxylic acid groups (broad SMARTS) is 1. The molecule has 1 atom stereocenters. The van der Waals surface area contributed by atoms with Crippen LogP contribution in [0.15, 0.2) is 23.7 Å². The number of aliphatic carboxylic acids is 1. The molecule has 0 aliphatic heterocycles. The third-order valence-electron chi connectivity index (χ3n) is 1.97. The summed E-state index contributed by atoms with van der Waals surface area (Å²) in [5, 5.41) is 8.72. The minimum Gasteiger partial charge on any atom is -0.479 e. The molecular weight excluding hydrogens is 214 g/mol. The average molecular weight is 223 g/mol. The molecule has 2 rings (SSSR count). The van der Waals surface area contributed by atoms with Gasteiger partial charge in [0.2, 0.25) is 0 Å². The molecule has 15 heavy (non-hydrogen) atoms. The number of ether oxygens (including phenoxy) is 1. The van der Waals surface area contributed by atoms with Crippen molar-refractivity contribution < 1.29 is 14.6 Å². The number of carboxylic acids is 1. The van der Waals surface area contributed by atoms with Crippen molar-refractivity contribution in [3.8, 4) is 5.75 Å². The quantitative estimate of drug-likeness (QED) is 0.866. The Labute approximate surface area is 90.1 Å². The van der Waals surface area contributed by atoms with Gasteiger partial charge < -0.3 is 9.84 Å². The molecule has 0 aliphatic rings. The molecule has 0 aliphatic carbocycles. The van der Waals surface area contributed by atoms with Gasteiger partial charge in [0.1, 0.15) is 11.3 Å². The molecule has 1 N–H and O–H groups in total. The molecule has 1 unspecified atom stereocenters. The van der Waals surface area contributed by atoms with Crippen LogP contribution in [0.5, 0.6) is 5.75 Å². The fourth-order valence-electron chi connectivity index (χ4n) is 1.20. The lowest BCUT2D eigenvalue weighted by atomic mass is 10.3. The molecule has 1 aromatic carbocycles. The summed E-state index contributed by atoms with van der Waals surface area (Å²) in [5.41, 5.74) is 2.43. The SMILES string of the molecule is CC(Oc1cccc2scnc12)C(=O)O. The molecule has 0 bridgehead atoms. The number of para-hydroxylation sites is 1. The van der Waals surface area contributed by atoms with Crippen molar-refractivity contribution >= 4 is 27.5 Å². The molecule has 0 amide bonds. The minimum atomic E-state index is -0.984. The molecule has 5 heteroatoms. The lowest BCUT2D eigenvalue weighted by molar-refractivity contribution is -0.144. The van der Waals surface area contributed by atoms with Crippen LogP contribution >= 0.6 is 11.3 Å². The van der Waals surface area contributed by atoms with Gasteiger partial charge in [0.25, 0.3) is 0 Å². The van der Waals surface area contributed by atoms with Crippen LogP contribution < -0.4 is 4.74 Å². The molecule has 0 spiro atoms.